The predicted octanol–water partition coefficient (Wildman–Crippen LogP) is 3.48. The normalized spacial score (nSPS) is 10.2. The zero-order chi connectivity index (χ0) is 13.5. The molecule has 1 aromatic rings. The van der Waals surface area contributed by atoms with Gasteiger partial charge in [-0.05, 0) is 28.4 Å². The van der Waals surface area contributed by atoms with Crippen LogP contribution in [0.3, 0.4) is 0 Å². The fraction of sp³-hybridized carbons (Fsp3) is 0.417. The molecule has 0 saturated carbocycles. The van der Waals surface area contributed by atoms with E-state index in [9.17, 15) is 13.6 Å². The van der Waals surface area contributed by atoms with Crippen molar-refractivity contribution in [3.8, 4) is 0 Å². The van der Waals surface area contributed by atoms with Crippen molar-refractivity contribution in [2.75, 3.05) is 18.5 Å². The monoisotopic (exact) mass is 321 g/mol. The van der Waals surface area contributed by atoms with E-state index in [4.69, 9.17) is 4.74 Å². The number of hydrogen-bond donors (Lipinski definition) is 1. The van der Waals surface area contributed by atoms with Crippen molar-refractivity contribution in [3.05, 3.63) is 28.2 Å². The maximum absolute atomic E-state index is 13.4. The molecule has 0 fully saturated rings. The molecule has 18 heavy (non-hydrogen) atoms. The predicted molar refractivity (Wildman–Crippen MR) is 68.4 cm³/mol. The van der Waals surface area contributed by atoms with Crippen molar-refractivity contribution >= 4 is 27.6 Å². The molecule has 1 rings (SSSR count). The third-order valence-electron chi connectivity index (χ3n) is 2.19. The van der Waals surface area contributed by atoms with Gasteiger partial charge in [-0.1, -0.05) is 13.3 Å². The highest BCUT2D eigenvalue weighted by atomic mass is 79.9. The van der Waals surface area contributed by atoms with Gasteiger partial charge in [0, 0.05) is 6.07 Å². The summed E-state index contributed by atoms with van der Waals surface area (Å²) in [4.78, 5) is 11.2. The molecule has 3 nitrogen and oxygen atoms in total. The standard InChI is InChI=1S/C12H14BrF2NO2/c1-2-3-4-18-12(17)7-16-11-6-9(14)8(13)5-10(11)15/h5-6,16H,2-4,7H2,1H3. The van der Waals surface area contributed by atoms with Crippen molar-refractivity contribution < 1.29 is 18.3 Å². The average Bonchev–Trinajstić information content (AvgIpc) is 2.32. The summed E-state index contributed by atoms with van der Waals surface area (Å²) in [6.45, 7) is 2.13. The fourth-order valence-corrected chi connectivity index (χ4v) is 1.52. The highest BCUT2D eigenvalue weighted by Gasteiger charge is 2.09. The summed E-state index contributed by atoms with van der Waals surface area (Å²) in [5.74, 6) is -1.73. The minimum Gasteiger partial charge on any atom is -0.464 e. The first-order valence-electron chi connectivity index (χ1n) is 5.58. The van der Waals surface area contributed by atoms with Crippen LogP contribution in [0.1, 0.15) is 19.8 Å². The molecule has 1 aromatic carbocycles. The second kappa shape index (κ2) is 7.31. The van der Waals surface area contributed by atoms with Crippen LogP contribution >= 0.6 is 15.9 Å². The SMILES string of the molecule is CCCCOC(=O)CNc1cc(F)c(Br)cc1F. The lowest BCUT2D eigenvalue weighted by atomic mass is 10.3. The van der Waals surface area contributed by atoms with Gasteiger partial charge in [0.05, 0.1) is 16.8 Å². The summed E-state index contributed by atoms with van der Waals surface area (Å²) in [6, 6.07) is 1.98. The molecule has 1 N–H and O–H groups in total. The van der Waals surface area contributed by atoms with Crippen molar-refractivity contribution in [2.45, 2.75) is 19.8 Å². The lowest BCUT2D eigenvalue weighted by molar-refractivity contribution is -0.141. The smallest absolute Gasteiger partial charge is 0.325 e. The van der Waals surface area contributed by atoms with Gasteiger partial charge in [0.1, 0.15) is 18.2 Å². The topological polar surface area (TPSA) is 38.3 Å². The Morgan fingerprint density at radius 1 is 1.39 bits per heavy atom. The number of anilines is 1. The number of hydrogen-bond acceptors (Lipinski definition) is 3. The Kier molecular flexibility index (Phi) is 6.04. The van der Waals surface area contributed by atoms with E-state index in [0.717, 1.165) is 25.0 Å². The minimum absolute atomic E-state index is 0.0380. The van der Waals surface area contributed by atoms with Crippen molar-refractivity contribution in [2.24, 2.45) is 0 Å². The van der Waals surface area contributed by atoms with Crippen LogP contribution in [-0.2, 0) is 9.53 Å². The van der Waals surface area contributed by atoms with Crippen LogP contribution in [0.2, 0.25) is 0 Å². The number of unbranched alkanes of at least 4 members (excludes halogenated alkanes) is 1. The quantitative estimate of drug-likeness (QED) is 0.495. The molecule has 0 unspecified atom stereocenters. The first-order valence-corrected chi connectivity index (χ1v) is 6.38. The van der Waals surface area contributed by atoms with Gasteiger partial charge >= 0.3 is 5.97 Å². The number of carbonyl (C=O) groups excluding carboxylic acids is 1. The molecule has 0 atom stereocenters. The Morgan fingerprint density at radius 3 is 2.78 bits per heavy atom. The number of benzene rings is 1. The highest BCUT2D eigenvalue weighted by molar-refractivity contribution is 9.10. The van der Waals surface area contributed by atoms with E-state index in [1.54, 1.807) is 0 Å². The van der Waals surface area contributed by atoms with Crippen LogP contribution in [0, 0.1) is 11.6 Å². The first-order chi connectivity index (χ1) is 8.54. The molecule has 100 valence electrons. The van der Waals surface area contributed by atoms with Gasteiger partial charge in [0.25, 0.3) is 0 Å². The summed E-state index contributed by atoms with van der Waals surface area (Å²) in [6.07, 6.45) is 1.71. The Hall–Kier alpha value is -1.17. The number of rotatable bonds is 6. The molecule has 0 amide bonds. The number of esters is 1. The first kappa shape index (κ1) is 14.9. The fourth-order valence-electron chi connectivity index (χ4n) is 1.21. The number of ether oxygens (including phenoxy) is 1. The molecule has 0 aromatic heterocycles. The second-order valence-corrected chi connectivity index (χ2v) is 4.53. The Labute approximate surface area is 113 Å². The van der Waals surface area contributed by atoms with Gasteiger partial charge in [-0.3, -0.25) is 4.79 Å². The molecule has 0 aliphatic rings. The van der Waals surface area contributed by atoms with Gasteiger partial charge in [0.2, 0.25) is 0 Å². The van der Waals surface area contributed by atoms with Crippen LogP contribution in [-0.4, -0.2) is 19.1 Å². The summed E-state index contributed by atoms with van der Waals surface area (Å²) in [7, 11) is 0. The van der Waals surface area contributed by atoms with Gasteiger partial charge < -0.3 is 10.1 Å². The summed E-state index contributed by atoms with van der Waals surface area (Å²) < 4.78 is 31.4. The highest BCUT2D eigenvalue weighted by Crippen LogP contribution is 2.23. The zero-order valence-corrected chi connectivity index (χ0v) is 11.5. The Bertz CT molecular complexity index is 427. The molecule has 0 bridgehead atoms. The summed E-state index contributed by atoms with van der Waals surface area (Å²) in [5, 5.41) is 2.50. The third-order valence-corrected chi connectivity index (χ3v) is 2.80. The van der Waals surface area contributed by atoms with Crippen LogP contribution in [0.4, 0.5) is 14.5 Å². The average molecular weight is 322 g/mol. The molecule has 0 spiro atoms. The van der Waals surface area contributed by atoms with Crippen molar-refractivity contribution in [3.63, 3.8) is 0 Å². The van der Waals surface area contributed by atoms with E-state index in [0.29, 0.717) is 6.61 Å². The lowest BCUT2D eigenvalue weighted by Gasteiger charge is -2.08. The number of halogens is 3. The molecule has 0 heterocycles. The van der Waals surface area contributed by atoms with Crippen molar-refractivity contribution in [1.29, 1.82) is 0 Å². The van der Waals surface area contributed by atoms with E-state index < -0.39 is 17.6 Å². The molecule has 6 heteroatoms. The van der Waals surface area contributed by atoms with Crippen LogP contribution in [0.15, 0.2) is 16.6 Å². The minimum atomic E-state index is -0.635. The number of carbonyl (C=O) groups is 1. The summed E-state index contributed by atoms with van der Waals surface area (Å²) in [5.41, 5.74) is -0.0665. The Balaban J connectivity index is 2.48. The van der Waals surface area contributed by atoms with Crippen molar-refractivity contribution in [1.82, 2.24) is 0 Å². The summed E-state index contributed by atoms with van der Waals surface area (Å²) >= 11 is 2.87. The molecule has 0 aliphatic heterocycles. The molecular weight excluding hydrogens is 308 g/mol. The Morgan fingerprint density at radius 2 is 2.11 bits per heavy atom. The largest absolute Gasteiger partial charge is 0.464 e. The zero-order valence-electron chi connectivity index (χ0n) is 9.93. The van der Waals surface area contributed by atoms with E-state index >= 15 is 0 Å². The van der Waals surface area contributed by atoms with Crippen LogP contribution in [0.5, 0.6) is 0 Å². The molecule has 0 saturated heterocycles. The maximum Gasteiger partial charge on any atom is 0.325 e. The van der Waals surface area contributed by atoms with Gasteiger partial charge in [-0.2, -0.15) is 0 Å². The van der Waals surface area contributed by atoms with E-state index in [1.807, 2.05) is 6.92 Å². The number of nitrogens with one attached hydrogen (secondary N) is 1. The van der Waals surface area contributed by atoms with Crippen LogP contribution in [0.25, 0.3) is 0 Å². The van der Waals surface area contributed by atoms with Crippen LogP contribution < -0.4 is 5.32 Å². The second-order valence-electron chi connectivity index (χ2n) is 3.67. The third kappa shape index (κ3) is 4.60. The lowest BCUT2D eigenvalue weighted by Crippen LogP contribution is -2.18. The maximum atomic E-state index is 13.4. The molecule has 0 radical (unpaired) electrons. The van der Waals surface area contributed by atoms with Gasteiger partial charge in [-0.15, -0.1) is 0 Å². The van der Waals surface area contributed by atoms with Gasteiger partial charge in [0.15, 0.2) is 0 Å². The molecular formula is C12H14BrF2NO2. The van der Waals surface area contributed by atoms with E-state index in [1.165, 1.54) is 0 Å². The van der Waals surface area contributed by atoms with E-state index in [-0.39, 0.29) is 16.7 Å². The van der Waals surface area contributed by atoms with E-state index in [2.05, 4.69) is 21.2 Å². The molecule has 0 aliphatic carbocycles. The van der Waals surface area contributed by atoms with Gasteiger partial charge in [-0.25, -0.2) is 8.78 Å².